The van der Waals surface area contributed by atoms with Crippen LogP contribution in [0.25, 0.3) is 10.8 Å². The quantitative estimate of drug-likeness (QED) is 0.682. The highest BCUT2D eigenvalue weighted by atomic mass is 32.1. The average Bonchev–Trinajstić information content (AvgIpc) is 2.56. The molecule has 0 aliphatic rings. The SMILES string of the molecule is CCCCc1ccc2ccccc2c1C(=O)N[C@@H](CS)C(=O)O. The third-order valence-corrected chi connectivity index (χ3v) is 4.19. The Morgan fingerprint density at radius 2 is 1.96 bits per heavy atom. The number of unbranched alkanes of at least 4 members (excludes halogenated alkanes) is 1. The van der Waals surface area contributed by atoms with Gasteiger partial charge in [-0.25, -0.2) is 4.79 Å². The number of carboxylic acids is 1. The lowest BCUT2D eigenvalue weighted by Crippen LogP contribution is -2.42. The van der Waals surface area contributed by atoms with Crippen LogP contribution in [0.4, 0.5) is 0 Å². The number of fused-ring (bicyclic) bond motifs is 1. The molecule has 0 fully saturated rings. The van der Waals surface area contributed by atoms with Gasteiger partial charge in [-0.15, -0.1) is 0 Å². The van der Waals surface area contributed by atoms with Crippen LogP contribution in [0.2, 0.25) is 0 Å². The van der Waals surface area contributed by atoms with Gasteiger partial charge in [0.2, 0.25) is 0 Å². The molecule has 2 N–H and O–H groups in total. The van der Waals surface area contributed by atoms with Gasteiger partial charge in [-0.2, -0.15) is 12.6 Å². The Morgan fingerprint density at radius 3 is 2.61 bits per heavy atom. The van der Waals surface area contributed by atoms with E-state index in [1.54, 1.807) is 0 Å². The molecule has 2 aromatic carbocycles. The van der Waals surface area contributed by atoms with E-state index in [1.807, 2.05) is 36.4 Å². The Hall–Kier alpha value is -2.01. The average molecular weight is 331 g/mol. The van der Waals surface area contributed by atoms with Gasteiger partial charge < -0.3 is 10.4 Å². The summed E-state index contributed by atoms with van der Waals surface area (Å²) >= 11 is 4.00. The van der Waals surface area contributed by atoms with E-state index in [9.17, 15) is 9.59 Å². The van der Waals surface area contributed by atoms with Gasteiger partial charge in [0.25, 0.3) is 5.91 Å². The Kier molecular flexibility index (Phi) is 6.04. The van der Waals surface area contributed by atoms with Crippen LogP contribution in [0.1, 0.15) is 35.7 Å². The highest BCUT2D eigenvalue weighted by Gasteiger charge is 2.22. The van der Waals surface area contributed by atoms with Gasteiger partial charge in [-0.3, -0.25) is 4.79 Å². The zero-order chi connectivity index (χ0) is 16.8. The number of amides is 1. The predicted molar refractivity (Wildman–Crippen MR) is 95.3 cm³/mol. The molecule has 0 aliphatic carbocycles. The zero-order valence-electron chi connectivity index (χ0n) is 13.1. The minimum Gasteiger partial charge on any atom is -0.480 e. The molecular weight excluding hydrogens is 310 g/mol. The number of thiol groups is 1. The summed E-state index contributed by atoms with van der Waals surface area (Å²) in [6.07, 6.45) is 2.80. The van der Waals surface area contributed by atoms with Crippen molar-refractivity contribution in [3.05, 3.63) is 47.5 Å². The van der Waals surface area contributed by atoms with E-state index in [4.69, 9.17) is 5.11 Å². The van der Waals surface area contributed by atoms with E-state index in [0.29, 0.717) is 5.56 Å². The van der Waals surface area contributed by atoms with Crippen molar-refractivity contribution in [1.29, 1.82) is 0 Å². The summed E-state index contributed by atoms with van der Waals surface area (Å²) in [6.45, 7) is 2.10. The number of carboxylic acid groups (broad SMARTS) is 1. The van der Waals surface area contributed by atoms with Gasteiger partial charge in [0, 0.05) is 5.75 Å². The molecule has 0 aromatic heterocycles. The third-order valence-electron chi connectivity index (χ3n) is 3.83. The lowest BCUT2D eigenvalue weighted by atomic mass is 9.95. The first kappa shape index (κ1) is 17.3. The largest absolute Gasteiger partial charge is 0.480 e. The highest BCUT2D eigenvalue weighted by molar-refractivity contribution is 7.80. The van der Waals surface area contributed by atoms with E-state index in [-0.39, 0.29) is 11.7 Å². The maximum atomic E-state index is 12.7. The highest BCUT2D eigenvalue weighted by Crippen LogP contribution is 2.24. The van der Waals surface area contributed by atoms with E-state index >= 15 is 0 Å². The van der Waals surface area contributed by atoms with E-state index < -0.39 is 12.0 Å². The molecule has 23 heavy (non-hydrogen) atoms. The number of hydrogen-bond acceptors (Lipinski definition) is 3. The maximum absolute atomic E-state index is 12.7. The number of nitrogens with one attached hydrogen (secondary N) is 1. The summed E-state index contributed by atoms with van der Waals surface area (Å²) in [5, 5.41) is 13.5. The summed E-state index contributed by atoms with van der Waals surface area (Å²) in [5.74, 6) is -1.38. The Balaban J connectivity index is 2.46. The molecule has 0 saturated carbocycles. The van der Waals surface area contributed by atoms with Gasteiger partial charge in [0.05, 0.1) is 5.56 Å². The fourth-order valence-electron chi connectivity index (χ4n) is 2.58. The summed E-state index contributed by atoms with van der Waals surface area (Å²) in [7, 11) is 0. The molecule has 0 saturated heterocycles. The van der Waals surface area contributed by atoms with Gasteiger partial charge in [-0.05, 0) is 29.2 Å². The molecule has 5 heteroatoms. The second-order valence-electron chi connectivity index (χ2n) is 5.47. The lowest BCUT2D eigenvalue weighted by Gasteiger charge is -2.16. The third kappa shape index (κ3) is 4.05. The Labute approximate surface area is 141 Å². The van der Waals surface area contributed by atoms with Crippen molar-refractivity contribution in [2.45, 2.75) is 32.2 Å². The molecule has 1 amide bonds. The van der Waals surface area contributed by atoms with Crippen LogP contribution < -0.4 is 5.32 Å². The predicted octanol–water partition coefficient (Wildman–Crippen LogP) is 3.30. The summed E-state index contributed by atoms with van der Waals surface area (Å²) in [4.78, 5) is 23.9. The standard InChI is InChI=1S/C18H21NO3S/c1-2-3-6-13-10-9-12-7-4-5-8-14(12)16(13)17(20)19-15(11-23)18(21)22/h4-5,7-10,15,23H,2-3,6,11H2,1H3,(H,19,20)(H,21,22)/t15-/m0/s1. The van der Waals surface area contributed by atoms with E-state index in [1.165, 1.54) is 0 Å². The molecule has 1 atom stereocenters. The molecule has 0 unspecified atom stereocenters. The van der Waals surface area contributed by atoms with Crippen LogP contribution in [0.5, 0.6) is 0 Å². The summed E-state index contributed by atoms with van der Waals surface area (Å²) in [6, 6.07) is 10.6. The number of carbonyl (C=O) groups is 2. The van der Waals surface area contributed by atoms with Crippen molar-refractivity contribution in [3.63, 3.8) is 0 Å². The van der Waals surface area contributed by atoms with E-state index in [0.717, 1.165) is 35.6 Å². The molecule has 0 heterocycles. The van der Waals surface area contributed by atoms with Crippen LogP contribution in [0.15, 0.2) is 36.4 Å². The number of rotatable bonds is 7. The molecule has 0 bridgehead atoms. The Bertz CT molecular complexity index is 714. The maximum Gasteiger partial charge on any atom is 0.327 e. The minimum atomic E-state index is -1.08. The minimum absolute atomic E-state index is 0.0517. The first-order valence-electron chi connectivity index (χ1n) is 7.73. The van der Waals surface area contributed by atoms with Crippen molar-refractivity contribution >= 4 is 35.3 Å². The number of aryl methyl sites for hydroxylation is 1. The normalized spacial score (nSPS) is 12.1. The number of hydrogen-bond donors (Lipinski definition) is 3. The number of carbonyl (C=O) groups excluding carboxylic acids is 1. The molecule has 2 rings (SSSR count). The van der Waals surface area contributed by atoms with Crippen molar-refractivity contribution < 1.29 is 14.7 Å². The molecule has 122 valence electrons. The molecular formula is C18H21NO3S. The molecule has 0 aliphatic heterocycles. The van der Waals surface area contributed by atoms with Crippen LogP contribution >= 0.6 is 12.6 Å². The van der Waals surface area contributed by atoms with Crippen LogP contribution in [0, 0.1) is 0 Å². The smallest absolute Gasteiger partial charge is 0.327 e. The van der Waals surface area contributed by atoms with Crippen LogP contribution in [-0.4, -0.2) is 28.8 Å². The monoisotopic (exact) mass is 331 g/mol. The summed E-state index contributed by atoms with van der Waals surface area (Å²) < 4.78 is 0. The molecule has 0 spiro atoms. The lowest BCUT2D eigenvalue weighted by molar-refractivity contribution is -0.138. The van der Waals surface area contributed by atoms with Crippen molar-refractivity contribution in [2.24, 2.45) is 0 Å². The first-order chi connectivity index (χ1) is 11.1. The molecule has 0 radical (unpaired) electrons. The fraction of sp³-hybridized carbons (Fsp3) is 0.333. The topological polar surface area (TPSA) is 66.4 Å². The number of benzene rings is 2. The second kappa shape index (κ2) is 8.02. The van der Waals surface area contributed by atoms with Crippen LogP contribution in [0.3, 0.4) is 0 Å². The van der Waals surface area contributed by atoms with Crippen LogP contribution in [-0.2, 0) is 11.2 Å². The zero-order valence-corrected chi connectivity index (χ0v) is 14.0. The van der Waals surface area contributed by atoms with Gasteiger partial charge >= 0.3 is 5.97 Å². The van der Waals surface area contributed by atoms with E-state index in [2.05, 4.69) is 24.9 Å². The van der Waals surface area contributed by atoms with Crippen molar-refractivity contribution in [1.82, 2.24) is 5.32 Å². The molecule has 4 nitrogen and oxygen atoms in total. The Morgan fingerprint density at radius 1 is 1.22 bits per heavy atom. The van der Waals surface area contributed by atoms with Gasteiger partial charge in [0.1, 0.15) is 6.04 Å². The first-order valence-corrected chi connectivity index (χ1v) is 8.36. The second-order valence-corrected chi connectivity index (χ2v) is 5.84. The summed E-state index contributed by atoms with van der Waals surface area (Å²) in [5.41, 5.74) is 1.52. The van der Waals surface area contributed by atoms with Gasteiger partial charge in [-0.1, -0.05) is 49.7 Å². The fourth-order valence-corrected chi connectivity index (χ4v) is 2.82. The van der Waals surface area contributed by atoms with Gasteiger partial charge in [0.15, 0.2) is 0 Å². The number of aliphatic carboxylic acids is 1. The van der Waals surface area contributed by atoms with Crippen molar-refractivity contribution in [2.75, 3.05) is 5.75 Å². The molecule has 2 aromatic rings. The van der Waals surface area contributed by atoms with Crippen molar-refractivity contribution in [3.8, 4) is 0 Å².